The van der Waals surface area contributed by atoms with E-state index in [0.29, 0.717) is 6.61 Å². The van der Waals surface area contributed by atoms with Gasteiger partial charge in [0.05, 0.1) is 6.04 Å². The summed E-state index contributed by atoms with van der Waals surface area (Å²) in [5.74, 6) is 0.788. The quantitative estimate of drug-likeness (QED) is 0.687. The van der Waals surface area contributed by atoms with Gasteiger partial charge in [-0.15, -0.1) is 0 Å². The van der Waals surface area contributed by atoms with E-state index in [0.717, 1.165) is 11.5 Å². The first-order valence-corrected chi connectivity index (χ1v) is 5.33. The maximum absolute atomic E-state index is 5.63. The molecule has 0 N–H and O–H groups in total. The van der Waals surface area contributed by atoms with Gasteiger partial charge in [-0.05, 0) is 17.5 Å². The lowest BCUT2D eigenvalue weighted by Crippen LogP contribution is -2.25. The average Bonchev–Trinajstić information content (AvgIpc) is 2.67. The Morgan fingerprint density at radius 2 is 1.87 bits per heavy atom. The Labute approximate surface area is 91.0 Å². The third-order valence-electron chi connectivity index (χ3n) is 2.67. The summed E-state index contributed by atoms with van der Waals surface area (Å²) >= 11 is 0. The maximum Gasteiger partial charge on any atom is 0.216 e. The molecule has 0 aromatic heterocycles. The van der Waals surface area contributed by atoms with Crippen molar-refractivity contribution in [3.05, 3.63) is 35.9 Å². The van der Waals surface area contributed by atoms with Crippen LogP contribution in [0.15, 0.2) is 35.3 Å². The minimum absolute atomic E-state index is 0.177. The first kappa shape index (κ1) is 10.2. The number of ether oxygens (including phenoxy) is 1. The third-order valence-corrected chi connectivity index (χ3v) is 2.67. The predicted molar refractivity (Wildman–Crippen MR) is 62.2 cm³/mol. The van der Waals surface area contributed by atoms with E-state index in [-0.39, 0.29) is 11.5 Å². The van der Waals surface area contributed by atoms with E-state index in [1.54, 1.807) is 0 Å². The minimum Gasteiger partial charge on any atom is -0.475 e. The van der Waals surface area contributed by atoms with Gasteiger partial charge >= 0.3 is 0 Å². The Kier molecular flexibility index (Phi) is 2.51. The van der Waals surface area contributed by atoms with Gasteiger partial charge in [0.1, 0.15) is 6.61 Å². The van der Waals surface area contributed by atoms with Crippen LogP contribution in [-0.2, 0) is 4.74 Å². The molecule has 1 heterocycles. The third kappa shape index (κ3) is 2.20. The minimum atomic E-state index is 0.177. The molecule has 2 heteroatoms. The summed E-state index contributed by atoms with van der Waals surface area (Å²) in [5.41, 5.74) is 1.25. The molecule has 0 radical (unpaired) electrons. The van der Waals surface area contributed by atoms with Crippen molar-refractivity contribution in [2.24, 2.45) is 10.4 Å². The molecule has 0 aliphatic carbocycles. The summed E-state index contributed by atoms with van der Waals surface area (Å²) in [6, 6.07) is 10.3. The summed E-state index contributed by atoms with van der Waals surface area (Å²) in [4.78, 5) is 4.62. The largest absolute Gasteiger partial charge is 0.475 e. The zero-order chi connectivity index (χ0) is 10.9. The Morgan fingerprint density at radius 1 is 1.20 bits per heavy atom. The van der Waals surface area contributed by atoms with Crippen LogP contribution in [0.1, 0.15) is 26.3 Å². The summed E-state index contributed by atoms with van der Waals surface area (Å²) in [6.07, 6.45) is 0. The fraction of sp³-hybridized carbons (Fsp3) is 0.462. The van der Waals surface area contributed by atoms with E-state index in [4.69, 9.17) is 4.74 Å². The van der Waals surface area contributed by atoms with Crippen LogP contribution in [0.2, 0.25) is 0 Å². The molecule has 0 amide bonds. The molecule has 1 aliphatic rings. The first-order chi connectivity index (χ1) is 7.07. The second-order valence-corrected chi connectivity index (χ2v) is 4.99. The van der Waals surface area contributed by atoms with Crippen molar-refractivity contribution in [3.8, 4) is 0 Å². The Morgan fingerprint density at radius 3 is 2.40 bits per heavy atom. The summed E-state index contributed by atoms with van der Waals surface area (Å²) < 4.78 is 5.63. The number of hydrogen-bond acceptors (Lipinski definition) is 2. The number of rotatable bonds is 1. The molecule has 0 fully saturated rings. The standard InChI is InChI=1S/C13H17NO/c1-13(2,3)11-9-15-12(14-11)10-7-5-4-6-8-10/h4-8,11H,9H2,1-3H3/t11-/m0/s1. The van der Waals surface area contributed by atoms with Crippen molar-refractivity contribution in [1.29, 1.82) is 0 Å². The van der Waals surface area contributed by atoms with Crippen molar-refractivity contribution in [2.75, 3.05) is 6.61 Å². The molecule has 1 aromatic carbocycles. The summed E-state index contributed by atoms with van der Waals surface area (Å²) in [6.45, 7) is 7.28. The number of aliphatic imine (C=N–C) groups is 1. The lowest BCUT2D eigenvalue weighted by Gasteiger charge is -2.21. The molecule has 0 unspecified atom stereocenters. The van der Waals surface area contributed by atoms with Crippen molar-refractivity contribution in [1.82, 2.24) is 0 Å². The van der Waals surface area contributed by atoms with Gasteiger partial charge in [-0.25, -0.2) is 4.99 Å². The molecule has 80 valence electrons. The molecule has 0 bridgehead atoms. The van der Waals surface area contributed by atoms with E-state index in [1.165, 1.54) is 0 Å². The van der Waals surface area contributed by atoms with E-state index < -0.39 is 0 Å². The van der Waals surface area contributed by atoms with E-state index >= 15 is 0 Å². The van der Waals surface area contributed by atoms with Crippen LogP contribution in [0.25, 0.3) is 0 Å². The average molecular weight is 203 g/mol. The van der Waals surface area contributed by atoms with Crippen LogP contribution < -0.4 is 0 Å². The Hall–Kier alpha value is -1.31. The van der Waals surface area contributed by atoms with E-state index in [9.17, 15) is 0 Å². The van der Waals surface area contributed by atoms with Crippen molar-refractivity contribution < 1.29 is 4.74 Å². The highest BCUT2D eigenvalue weighted by Gasteiger charge is 2.30. The first-order valence-electron chi connectivity index (χ1n) is 5.33. The molecule has 0 spiro atoms. The lowest BCUT2D eigenvalue weighted by molar-refractivity contribution is 0.236. The molecular weight excluding hydrogens is 186 g/mol. The van der Waals surface area contributed by atoms with Crippen molar-refractivity contribution in [2.45, 2.75) is 26.8 Å². The SMILES string of the molecule is CC(C)(C)[C@@H]1COC(c2ccccc2)=N1. The molecule has 0 saturated heterocycles. The second-order valence-electron chi connectivity index (χ2n) is 4.99. The van der Waals surface area contributed by atoms with Gasteiger partial charge in [0.25, 0.3) is 0 Å². The molecule has 2 rings (SSSR count). The Bertz CT molecular complexity index is 362. The number of nitrogens with zero attached hydrogens (tertiary/aromatic N) is 1. The van der Waals surface area contributed by atoms with Crippen LogP contribution in [0.4, 0.5) is 0 Å². The zero-order valence-electron chi connectivity index (χ0n) is 9.53. The fourth-order valence-electron chi connectivity index (χ4n) is 1.56. The summed E-state index contributed by atoms with van der Waals surface area (Å²) in [7, 11) is 0. The molecule has 1 aliphatic heterocycles. The molecular formula is C13H17NO. The highest BCUT2D eigenvalue weighted by Crippen LogP contribution is 2.27. The van der Waals surface area contributed by atoms with Crippen LogP contribution in [0, 0.1) is 5.41 Å². The smallest absolute Gasteiger partial charge is 0.216 e. The molecule has 0 saturated carbocycles. The monoisotopic (exact) mass is 203 g/mol. The number of hydrogen-bond donors (Lipinski definition) is 0. The van der Waals surface area contributed by atoms with Crippen LogP contribution >= 0.6 is 0 Å². The van der Waals surface area contributed by atoms with E-state index in [1.807, 2.05) is 30.3 Å². The van der Waals surface area contributed by atoms with Crippen molar-refractivity contribution >= 4 is 5.90 Å². The van der Waals surface area contributed by atoms with Gasteiger partial charge in [-0.2, -0.15) is 0 Å². The van der Waals surface area contributed by atoms with Gasteiger partial charge in [-0.1, -0.05) is 39.0 Å². The van der Waals surface area contributed by atoms with Crippen LogP contribution in [0.3, 0.4) is 0 Å². The van der Waals surface area contributed by atoms with E-state index in [2.05, 4.69) is 25.8 Å². The molecule has 1 atom stereocenters. The number of benzene rings is 1. The van der Waals surface area contributed by atoms with Crippen LogP contribution in [0.5, 0.6) is 0 Å². The van der Waals surface area contributed by atoms with Gasteiger partial charge in [-0.3, -0.25) is 0 Å². The van der Waals surface area contributed by atoms with Gasteiger partial charge in [0.15, 0.2) is 0 Å². The van der Waals surface area contributed by atoms with Crippen molar-refractivity contribution in [3.63, 3.8) is 0 Å². The predicted octanol–water partition coefficient (Wildman–Crippen LogP) is 2.88. The Balaban J connectivity index is 2.21. The fourth-order valence-corrected chi connectivity index (χ4v) is 1.56. The normalized spacial score (nSPS) is 21.0. The molecule has 2 nitrogen and oxygen atoms in total. The maximum atomic E-state index is 5.63. The highest BCUT2D eigenvalue weighted by atomic mass is 16.5. The lowest BCUT2D eigenvalue weighted by atomic mass is 9.88. The second kappa shape index (κ2) is 3.69. The zero-order valence-corrected chi connectivity index (χ0v) is 9.53. The van der Waals surface area contributed by atoms with Gasteiger partial charge < -0.3 is 4.74 Å². The highest BCUT2D eigenvalue weighted by molar-refractivity contribution is 5.95. The van der Waals surface area contributed by atoms with Gasteiger partial charge in [0.2, 0.25) is 5.90 Å². The topological polar surface area (TPSA) is 21.6 Å². The molecule has 1 aromatic rings. The molecule has 15 heavy (non-hydrogen) atoms. The summed E-state index contributed by atoms with van der Waals surface area (Å²) in [5, 5.41) is 0. The van der Waals surface area contributed by atoms with Crippen LogP contribution in [-0.4, -0.2) is 18.5 Å². The van der Waals surface area contributed by atoms with Gasteiger partial charge in [0, 0.05) is 5.56 Å².